The molecule has 0 aromatic heterocycles. The number of phenolic OH excluding ortho intramolecular Hbond substituents is 1. The average molecular weight is 330 g/mol. The fourth-order valence-electron chi connectivity index (χ4n) is 2.31. The molecule has 2 aromatic rings. The molecule has 2 aromatic carbocycles. The van der Waals surface area contributed by atoms with Crippen LogP contribution in [0.1, 0.15) is 31.4 Å². The lowest BCUT2D eigenvalue weighted by Crippen LogP contribution is -2.09. The van der Waals surface area contributed by atoms with Crippen LogP contribution in [0, 0.1) is 0 Å². The zero-order chi connectivity index (χ0) is 16.5. The van der Waals surface area contributed by atoms with Gasteiger partial charge >= 0.3 is 5.97 Å². The lowest BCUT2D eigenvalue weighted by molar-refractivity contribution is -0.142. The van der Waals surface area contributed by atoms with Gasteiger partial charge in [-0.15, -0.1) is 0 Å². The minimum atomic E-state index is -0.266. The van der Waals surface area contributed by atoms with E-state index in [9.17, 15) is 9.90 Å². The standard InChI is InChI=1S/C19H22O4.CH4/c1-22-18-13-16(10-11-17(18)20)14-19(21)23-12-6-5-9-15-7-3-2-4-8-15;/h2-4,7-8,10-11,13,20H,5-6,9,12,14H2,1H3;1H4. The lowest BCUT2D eigenvalue weighted by atomic mass is 10.1. The van der Waals surface area contributed by atoms with E-state index in [4.69, 9.17) is 9.47 Å². The van der Waals surface area contributed by atoms with Crippen molar-refractivity contribution in [3.05, 3.63) is 59.7 Å². The van der Waals surface area contributed by atoms with Gasteiger partial charge in [-0.2, -0.15) is 0 Å². The number of rotatable bonds is 8. The number of methoxy groups -OCH3 is 1. The summed E-state index contributed by atoms with van der Waals surface area (Å²) in [5.41, 5.74) is 2.06. The highest BCUT2D eigenvalue weighted by molar-refractivity contribution is 5.72. The van der Waals surface area contributed by atoms with Gasteiger partial charge in [-0.1, -0.05) is 43.8 Å². The van der Waals surface area contributed by atoms with Gasteiger partial charge in [0.05, 0.1) is 20.1 Å². The van der Waals surface area contributed by atoms with Gasteiger partial charge < -0.3 is 14.6 Å². The first kappa shape index (κ1) is 19.6. The number of esters is 1. The summed E-state index contributed by atoms with van der Waals surface area (Å²) in [6.07, 6.45) is 3.01. The number of unbranched alkanes of at least 4 members (excludes halogenated alkanes) is 1. The first-order valence-corrected chi connectivity index (χ1v) is 7.74. The molecule has 0 heterocycles. The van der Waals surface area contributed by atoms with Crippen molar-refractivity contribution in [3.8, 4) is 11.5 Å². The van der Waals surface area contributed by atoms with Crippen LogP contribution < -0.4 is 4.74 Å². The lowest BCUT2D eigenvalue weighted by Gasteiger charge is -2.07. The summed E-state index contributed by atoms with van der Waals surface area (Å²) in [7, 11) is 1.48. The third kappa shape index (κ3) is 6.32. The van der Waals surface area contributed by atoms with Crippen LogP contribution in [0.2, 0.25) is 0 Å². The van der Waals surface area contributed by atoms with Gasteiger partial charge in [-0.3, -0.25) is 4.79 Å². The summed E-state index contributed by atoms with van der Waals surface area (Å²) in [4.78, 5) is 11.8. The number of benzene rings is 2. The molecule has 4 nitrogen and oxygen atoms in total. The summed E-state index contributed by atoms with van der Waals surface area (Å²) < 4.78 is 10.3. The van der Waals surface area contributed by atoms with Crippen molar-refractivity contribution in [2.45, 2.75) is 33.1 Å². The van der Waals surface area contributed by atoms with Gasteiger partial charge in [0, 0.05) is 0 Å². The highest BCUT2D eigenvalue weighted by atomic mass is 16.5. The van der Waals surface area contributed by atoms with Crippen molar-refractivity contribution >= 4 is 5.97 Å². The Morgan fingerprint density at radius 1 is 1.04 bits per heavy atom. The Kier molecular flexibility index (Phi) is 8.41. The number of carbonyl (C=O) groups excluding carboxylic acids is 1. The number of phenols is 1. The molecule has 0 fully saturated rings. The Bertz CT molecular complexity index is 623. The quantitative estimate of drug-likeness (QED) is 0.584. The first-order chi connectivity index (χ1) is 11.2. The van der Waals surface area contributed by atoms with Crippen molar-refractivity contribution in [1.82, 2.24) is 0 Å². The van der Waals surface area contributed by atoms with E-state index in [0.717, 1.165) is 24.8 Å². The van der Waals surface area contributed by atoms with Gasteiger partial charge in [0.25, 0.3) is 0 Å². The Hall–Kier alpha value is -2.49. The molecule has 0 saturated heterocycles. The highest BCUT2D eigenvalue weighted by Crippen LogP contribution is 2.26. The first-order valence-electron chi connectivity index (χ1n) is 7.74. The van der Waals surface area contributed by atoms with Gasteiger partial charge in [0.2, 0.25) is 0 Å². The van der Waals surface area contributed by atoms with E-state index in [-0.39, 0.29) is 25.6 Å². The molecule has 0 aliphatic heterocycles. The molecule has 0 unspecified atom stereocenters. The minimum absolute atomic E-state index is 0. The Morgan fingerprint density at radius 3 is 2.50 bits per heavy atom. The molecule has 130 valence electrons. The van der Waals surface area contributed by atoms with Crippen LogP contribution in [0.5, 0.6) is 11.5 Å². The molecule has 1 N–H and O–H groups in total. The van der Waals surface area contributed by atoms with E-state index in [2.05, 4.69) is 12.1 Å². The zero-order valence-corrected chi connectivity index (χ0v) is 13.3. The second-order valence-corrected chi connectivity index (χ2v) is 5.35. The monoisotopic (exact) mass is 330 g/mol. The summed E-state index contributed by atoms with van der Waals surface area (Å²) >= 11 is 0. The third-order valence-corrected chi connectivity index (χ3v) is 3.56. The van der Waals surface area contributed by atoms with Crippen LogP contribution in [-0.2, 0) is 22.4 Å². The predicted octanol–water partition coefficient (Wildman–Crippen LogP) is 4.15. The van der Waals surface area contributed by atoms with E-state index < -0.39 is 0 Å². The van der Waals surface area contributed by atoms with Crippen LogP contribution in [0.3, 0.4) is 0 Å². The van der Waals surface area contributed by atoms with Crippen molar-refractivity contribution < 1.29 is 19.4 Å². The summed E-state index contributed by atoms with van der Waals surface area (Å²) in [6, 6.07) is 15.1. The second-order valence-electron chi connectivity index (χ2n) is 5.35. The molecule has 4 heteroatoms. The molecule has 0 aliphatic rings. The van der Waals surface area contributed by atoms with Crippen molar-refractivity contribution in [1.29, 1.82) is 0 Å². The number of hydrogen-bond donors (Lipinski definition) is 1. The number of aryl methyl sites for hydroxylation is 1. The molecule has 0 aliphatic carbocycles. The summed E-state index contributed by atoms with van der Waals surface area (Å²) in [5.74, 6) is 0.154. The predicted molar refractivity (Wildman–Crippen MR) is 95.4 cm³/mol. The topological polar surface area (TPSA) is 55.8 Å². The van der Waals surface area contributed by atoms with E-state index in [1.165, 1.54) is 18.7 Å². The normalized spacial score (nSPS) is 9.88. The van der Waals surface area contributed by atoms with E-state index in [1.807, 2.05) is 18.2 Å². The van der Waals surface area contributed by atoms with Crippen molar-refractivity contribution in [2.75, 3.05) is 13.7 Å². The van der Waals surface area contributed by atoms with Crippen LogP contribution >= 0.6 is 0 Å². The fraction of sp³-hybridized carbons (Fsp3) is 0.350. The molecular weight excluding hydrogens is 304 g/mol. The van der Waals surface area contributed by atoms with Crippen LogP contribution in [0.25, 0.3) is 0 Å². The average Bonchev–Trinajstić information content (AvgIpc) is 2.57. The van der Waals surface area contributed by atoms with Gasteiger partial charge in [-0.25, -0.2) is 0 Å². The van der Waals surface area contributed by atoms with Crippen molar-refractivity contribution in [2.24, 2.45) is 0 Å². The Labute approximate surface area is 144 Å². The van der Waals surface area contributed by atoms with Crippen LogP contribution in [0.4, 0.5) is 0 Å². The van der Waals surface area contributed by atoms with Gasteiger partial charge in [0.1, 0.15) is 0 Å². The molecule has 0 bridgehead atoms. The van der Waals surface area contributed by atoms with E-state index >= 15 is 0 Å². The molecule has 0 spiro atoms. The molecule has 0 atom stereocenters. The highest BCUT2D eigenvalue weighted by Gasteiger charge is 2.08. The van der Waals surface area contributed by atoms with E-state index in [1.54, 1.807) is 12.1 Å². The zero-order valence-electron chi connectivity index (χ0n) is 13.3. The molecule has 0 saturated carbocycles. The smallest absolute Gasteiger partial charge is 0.310 e. The van der Waals surface area contributed by atoms with Crippen LogP contribution in [0.15, 0.2) is 48.5 Å². The molecule has 0 amide bonds. The summed E-state index contributed by atoms with van der Waals surface area (Å²) in [6.45, 7) is 0.431. The molecule has 24 heavy (non-hydrogen) atoms. The maximum absolute atomic E-state index is 11.8. The number of hydrogen-bond acceptors (Lipinski definition) is 4. The van der Waals surface area contributed by atoms with Crippen molar-refractivity contribution in [3.63, 3.8) is 0 Å². The molecule has 0 radical (unpaired) electrons. The summed E-state index contributed by atoms with van der Waals surface area (Å²) in [5, 5.41) is 9.52. The maximum atomic E-state index is 11.8. The SMILES string of the molecule is C.COc1cc(CC(=O)OCCCCc2ccccc2)ccc1O. The molecular formula is C20H26O4. The number of aromatic hydroxyl groups is 1. The third-order valence-electron chi connectivity index (χ3n) is 3.56. The maximum Gasteiger partial charge on any atom is 0.310 e. The Morgan fingerprint density at radius 2 is 1.79 bits per heavy atom. The second kappa shape index (κ2) is 10.3. The fourth-order valence-corrected chi connectivity index (χ4v) is 2.31. The largest absolute Gasteiger partial charge is 0.504 e. The Balaban J connectivity index is 0.00000288. The van der Waals surface area contributed by atoms with Gasteiger partial charge in [-0.05, 0) is 42.5 Å². The number of ether oxygens (including phenoxy) is 2. The number of carbonyl (C=O) groups is 1. The molecule has 2 rings (SSSR count). The van der Waals surface area contributed by atoms with Gasteiger partial charge in [0.15, 0.2) is 11.5 Å². The van der Waals surface area contributed by atoms with E-state index in [0.29, 0.717) is 12.4 Å². The minimum Gasteiger partial charge on any atom is -0.504 e. The van der Waals surface area contributed by atoms with Crippen LogP contribution in [-0.4, -0.2) is 24.8 Å².